The molecule has 1 aliphatic heterocycles. The van der Waals surface area contributed by atoms with Crippen LogP contribution in [-0.2, 0) is 10.8 Å². The Hall–Kier alpha value is -7.08. The number of aromatic nitrogens is 4. The highest BCUT2D eigenvalue weighted by Crippen LogP contribution is 2.67. The summed E-state index contributed by atoms with van der Waals surface area (Å²) in [4.78, 5) is 17.9. The van der Waals surface area contributed by atoms with E-state index in [1.54, 1.807) is 0 Å². The van der Waals surface area contributed by atoms with Crippen molar-refractivity contribution < 1.29 is 0 Å². The van der Waals surface area contributed by atoms with Crippen molar-refractivity contribution in [3.63, 3.8) is 0 Å². The fraction of sp³-hybridized carbons (Fsp3) is 0.0377. The van der Waals surface area contributed by atoms with Crippen LogP contribution in [0.15, 0.2) is 192 Å². The summed E-state index contributed by atoms with van der Waals surface area (Å²) < 4.78 is 2.28. The molecule has 0 bridgehead atoms. The van der Waals surface area contributed by atoms with Crippen molar-refractivity contribution in [3.05, 3.63) is 227 Å². The molecule has 4 nitrogen and oxygen atoms in total. The first kappa shape index (κ1) is 31.1. The van der Waals surface area contributed by atoms with E-state index >= 15 is 0 Å². The molecule has 5 heterocycles. The SMILES string of the molecule is c1ccc2c(c1)Sc1cc3c(cc1C21c2cccnc2-c2ncc(-n4c5ccccc5c5cccnc54)cc21)-c1ccccc1C31c2ccccc2-c2ccccc21. The van der Waals surface area contributed by atoms with Crippen LogP contribution in [0, 0.1) is 0 Å². The Bertz CT molecular complexity index is 3370. The second kappa shape index (κ2) is 10.9. The summed E-state index contributed by atoms with van der Waals surface area (Å²) in [6, 6.07) is 60.9. The number of hydrogen-bond acceptors (Lipinski definition) is 4. The van der Waals surface area contributed by atoms with Gasteiger partial charge in [-0.2, -0.15) is 0 Å². The molecule has 0 N–H and O–H groups in total. The molecule has 1 unspecified atom stereocenters. The molecule has 0 radical (unpaired) electrons. The lowest BCUT2D eigenvalue weighted by Gasteiger charge is -2.40. The second-order valence-electron chi connectivity index (χ2n) is 15.8. The molecule has 3 aliphatic carbocycles. The molecule has 14 rings (SSSR count). The predicted molar refractivity (Wildman–Crippen MR) is 232 cm³/mol. The molecule has 58 heavy (non-hydrogen) atoms. The number of para-hydroxylation sites is 1. The first-order chi connectivity index (χ1) is 28.8. The summed E-state index contributed by atoms with van der Waals surface area (Å²) in [6.07, 6.45) is 5.81. The van der Waals surface area contributed by atoms with Crippen LogP contribution in [0.3, 0.4) is 0 Å². The number of fused-ring (bicyclic) bond motifs is 22. The standard InChI is InChI=1S/C53H30N4S/c1-5-18-38-32(13-1)33-14-2-6-19-39(33)52(38)40-20-7-3-15-34(40)37-28-44-48(29-43(37)52)58-47-24-10-8-21-41(47)53(44)42-22-12-25-54-49(42)50-45(53)27-31(30-56-50)57-46-23-9-4-16-35(46)36-17-11-26-55-51(36)57/h1-30H. The zero-order valence-electron chi connectivity index (χ0n) is 31.0. The normalized spacial score (nSPS) is 16.8. The van der Waals surface area contributed by atoms with Crippen molar-refractivity contribution in [1.29, 1.82) is 0 Å². The lowest BCUT2D eigenvalue weighted by molar-refractivity contribution is 0.714. The van der Waals surface area contributed by atoms with Gasteiger partial charge in [0.1, 0.15) is 5.65 Å². The smallest absolute Gasteiger partial charge is 0.145 e. The molecule has 268 valence electrons. The Labute approximate surface area is 338 Å². The largest absolute Gasteiger partial charge is 0.292 e. The van der Waals surface area contributed by atoms with Gasteiger partial charge in [0.2, 0.25) is 0 Å². The van der Waals surface area contributed by atoms with Gasteiger partial charge in [-0.25, -0.2) is 4.98 Å². The molecule has 2 spiro atoms. The molecular formula is C53H30N4S. The number of nitrogens with zero attached hydrogens (tertiary/aromatic N) is 4. The van der Waals surface area contributed by atoms with Crippen LogP contribution in [0.25, 0.3) is 61.3 Å². The maximum atomic E-state index is 5.36. The number of pyridine rings is 3. The summed E-state index contributed by atoms with van der Waals surface area (Å²) in [5.41, 5.74) is 19.2. The fourth-order valence-electron chi connectivity index (χ4n) is 11.4. The van der Waals surface area contributed by atoms with E-state index in [4.69, 9.17) is 15.0 Å². The molecule has 1 atom stereocenters. The maximum Gasteiger partial charge on any atom is 0.145 e. The van der Waals surface area contributed by atoms with Gasteiger partial charge in [-0.1, -0.05) is 127 Å². The fourth-order valence-corrected chi connectivity index (χ4v) is 12.6. The molecule has 10 aromatic rings. The predicted octanol–water partition coefficient (Wildman–Crippen LogP) is 12.1. The van der Waals surface area contributed by atoms with Crippen LogP contribution in [-0.4, -0.2) is 19.5 Å². The van der Waals surface area contributed by atoms with Crippen LogP contribution in [0.2, 0.25) is 0 Å². The average Bonchev–Trinajstić information content (AvgIpc) is 3.97. The molecule has 0 amide bonds. The molecule has 4 aliphatic rings. The minimum absolute atomic E-state index is 0.426. The van der Waals surface area contributed by atoms with Gasteiger partial charge in [-0.15, -0.1) is 0 Å². The van der Waals surface area contributed by atoms with Crippen molar-refractivity contribution in [1.82, 2.24) is 19.5 Å². The molecule has 0 saturated carbocycles. The average molecular weight is 755 g/mol. The molecule has 4 aromatic heterocycles. The van der Waals surface area contributed by atoms with Gasteiger partial charge < -0.3 is 0 Å². The third-order valence-electron chi connectivity index (χ3n) is 13.4. The summed E-state index contributed by atoms with van der Waals surface area (Å²) in [5.74, 6) is 0. The van der Waals surface area contributed by atoms with Gasteiger partial charge in [-0.3, -0.25) is 14.5 Å². The van der Waals surface area contributed by atoms with E-state index < -0.39 is 10.8 Å². The van der Waals surface area contributed by atoms with Crippen LogP contribution in [0.1, 0.15) is 44.5 Å². The number of benzene rings is 6. The van der Waals surface area contributed by atoms with Crippen LogP contribution < -0.4 is 0 Å². The van der Waals surface area contributed by atoms with Gasteiger partial charge in [0, 0.05) is 38.5 Å². The van der Waals surface area contributed by atoms with Crippen molar-refractivity contribution in [2.75, 3.05) is 0 Å². The van der Waals surface area contributed by atoms with E-state index in [0.29, 0.717) is 0 Å². The summed E-state index contributed by atoms with van der Waals surface area (Å²) >= 11 is 1.89. The van der Waals surface area contributed by atoms with E-state index in [0.717, 1.165) is 39.2 Å². The minimum atomic E-state index is -0.670. The Kier molecular flexibility index (Phi) is 5.81. The first-order valence-electron chi connectivity index (χ1n) is 19.8. The van der Waals surface area contributed by atoms with E-state index in [1.807, 2.05) is 36.4 Å². The summed E-state index contributed by atoms with van der Waals surface area (Å²) in [7, 11) is 0. The van der Waals surface area contributed by atoms with Gasteiger partial charge >= 0.3 is 0 Å². The third-order valence-corrected chi connectivity index (χ3v) is 14.6. The first-order valence-corrected chi connectivity index (χ1v) is 20.7. The Morgan fingerprint density at radius 3 is 1.78 bits per heavy atom. The Morgan fingerprint density at radius 1 is 0.397 bits per heavy atom. The molecule has 5 heteroatoms. The quantitative estimate of drug-likeness (QED) is 0.167. The van der Waals surface area contributed by atoms with E-state index in [9.17, 15) is 0 Å². The molecule has 0 fully saturated rings. The highest BCUT2D eigenvalue weighted by molar-refractivity contribution is 7.99. The lowest BCUT2D eigenvalue weighted by Crippen LogP contribution is -2.33. The minimum Gasteiger partial charge on any atom is -0.292 e. The third kappa shape index (κ3) is 3.51. The van der Waals surface area contributed by atoms with Crippen molar-refractivity contribution in [3.8, 4) is 39.3 Å². The van der Waals surface area contributed by atoms with E-state index in [-0.39, 0.29) is 0 Å². The second-order valence-corrected chi connectivity index (χ2v) is 16.9. The van der Waals surface area contributed by atoms with Gasteiger partial charge in [-0.05, 0) is 110 Å². The van der Waals surface area contributed by atoms with Gasteiger partial charge in [0.15, 0.2) is 0 Å². The Morgan fingerprint density at radius 2 is 0.983 bits per heavy atom. The summed E-state index contributed by atoms with van der Waals surface area (Å²) in [5, 5.41) is 2.30. The number of hydrogen-bond donors (Lipinski definition) is 0. The zero-order valence-corrected chi connectivity index (χ0v) is 31.8. The highest BCUT2D eigenvalue weighted by atomic mass is 32.2. The topological polar surface area (TPSA) is 43.6 Å². The van der Waals surface area contributed by atoms with Crippen LogP contribution >= 0.6 is 11.8 Å². The summed E-state index contributed by atoms with van der Waals surface area (Å²) in [6.45, 7) is 0. The van der Waals surface area contributed by atoms with Gasteiger partial charge in [0.05, 0.1) is 39.6 Å². The van der Waals surface area contributed by atoms with Crippen molar-refractivity contribution in [2.45, 2.75) is 20.6 Å². The van der Waals surface area contributed by atoms with E-state index in [1.165, 1.54) is 76.4 Å². The van der Waals surface area contributed by atoms with Crippen LogP contribution in [0.4, 0.5) is 0 Å². The highest BCUT2D eigenvalue weighted by Gasteiger charge is 2.56. The zero-order chi connectivity index (χ0) is 37.7. The molecule has 0 saturated heterocycles. The van der Waals surface area contributed by atoms with Crippen molar-refractivity contribution in [2.24, 2.45) is 0 Å². The van der Waals surface area contributed by atoms with E-state index in [2.05, 4.69) is 162 Å². The molecule has 6 aromatic carbocycles. The van der Waals surface area contributed by atoms with Gasteiger partial charge in [0.25, 0.3) is 0 Å². The maximum absolute atomic E-state index is 5.36. The monoisotopic (exact) mass is 754 g/mol. The Balaban J connectivity index is 1.11. The molecular weight excluding hydrogens is 725 g/mol. The van der Waals surface area contributed by atoms with Crippen molar-refractivity contribution >= 4 is 33.7 Å². The lowest BCUT2D eigenvalue weighted by atomic mass is 9.66. The van der Waals surface area contributed by atoms with Crippen LogP contribution in [0.5, 0.6) is 0 Å². The number of rotatable bonds is 1.